The molecule has 0 spiro atoms. The second-order valence-corrected chi connectivity index (χ2v) is 6.82. The molecule has 2 heterocycles. The maximum Gasteiger partial charge on any atom is 0.330 e. The monoisotopic (exact) mass is 372 g/mol. The van der Waals surface area contributed by atoms with Crippen LogP contribution in [0.15, 0.2) is 39.9 Å². The summed E-state index contributed by atoms with van der Waals surface area (Å²) in [6.07, 6.45) is 0.997. The van der Waals surface area contributed by atoms with Gasteiger partial charge < -0.3 is 15.3 Å². The number of nitrogens with zero attached hydrogens (tertiary/aromatic N) is 3. The number of amides is 1. The number of aliphatic hydroxyl groups excluding tert-OH is 1. The molecule has 1 amide bonds. The third kappa shape index (κ3) is 3.95. The topological polar surface area (TPSA) is 96.6 Å². The molecule has 0 aliphatic carbocycles. The van der Waals surface area contributed by atoms with Crippen molar-refractivity contribution in [1.29, 1.82) is 0 Å². The minimum absolute atomic E-state index is 0.144. The van der Waals surface area contributed by atoms with E-state index in [0.29, 0.717) is 36.5 Å². The lowest BCUT2D eigenvalue weighted by molar-refractivity contribution is 0.0474. The molecular weight excluding hydrogens is 348 g/mol. The number of β-amino-alcohol motifs (C(OH)–C–C–N with tert-alkyl or cyclic N) is 1. The zero-order chi connectivity index (χ0) is 19.6. The summed E-state index contributed by atoms with van der Waals surface area (Å²) in [5.74, 6) is -0.144. The van der Waals surface area contributed by atoms with Crippen molar-refractivity contribution in [1.82, 2.24) is 14.0 Å². The summed E-state index contributed by atoms with van der Waals surface area (Å²) >= 11 is 0. The molecule has 2 N–H and O–H groups in total. The van der Waals surface area contributed by atoms with Gasteiger partial charge in [0.2, 0.25) is 0 Å². The third-order valence-electron chi connectivity index (χ3n) is 4.93. The standard InChI is InChI=1S/C19H24N4O4/c1-21-13(10-17(25)22(2)19(21)27)11-20-16-8-4-3-7-15(16)18(26)23-9-5-6-14(24)12-23/h3-4,7-8,10,14,20,24H,5-6,9,11-12H2,1-2H3. The number of para-hydroxylation sites is 1. The van der Waals surface area contributed by atoms with Crippen LogP contribution in [0.2, 0.25) is 0 Å². The fraction of sp³-hybridized carbons (Fsp3) is 0.421. The molecule has 1 aliphatic rings. The van der Waals surface area contributed by atoms with E-state index in [1.807, 2.05) is 6.07 Å². The molecule has 27 heavy (non-hydrogen) atoms. The highest BCUT2D eigenvalue weighted by molar-refractivity contribution is 5.99. The Morgan fingerprint density at radius 1 is 1.22 bits per heavy atom. The molecule has 8 heteroatoms. The quantitative estimate of drug-likeness (QED) is 0.804. The van der Waals surface area contributed by atoms with Gasteiger partial charge in [0.15, 0.2) is 0 Å². The zero-order valence-corrected chi connectivity index (χ0v) is 15.5. The van der Waals surface area contributed by atoms with Gasteiger partial charge in [0.05, 0.1) is 18.2 Å². The van der Waals surface area contributed by atoms with Crippen LogP contribution in [0, 0.1) is 0 Å². The highest BCUT2D eigenvalue weighted by Gasteiger charge is 2.24. The fourth-order valence-corrected chi connectivity index (χ4v) is 3.27. The Hall–Kier alpha value is -2.87. The lowest BCUT2D eigenvalue weighted by atomic mass is 10.1. The molecule has 1 atom stereocenters. The molecule has 1 fully saturated rings. The van der Waals surface area contributed by atoms with E-state index in [1.165, 1.54) is 17.7 Å². The number of carbonyl (C=O) groups is 1. The number of anilines is 1. The van der Waals surface area contributed by atoms with E-state index in [4.69, 9.17) is 0 Å². The van der Waals surface area contributed by atoms with Gasteiger partial charge in [0.1, 0.15) is 0 Å². The van der Waals surface area contributed by atoms with Gasteiger partial charge in [-0.25, -0.2) is 4.79 Å². The highest BCUT2D eigenvalue weighted by Crippen LogP contribution is 2.20. The molecule has 1 aromatic heterocycles. The van der Waals surface area contributed by atoms with E-state index in [9.17, 15) is 19.5 Å². The normalized spacial score (nSPS) is 17.0. The minimum atomic E-state index is -0.488. The molecule has 0 saturated carbocycles. The third-order valence-corrected chi connectivity index (χ3v) is 4.93. The van der Waals surface area contributed by atoms with E-state index >= 15 is 0 Å². The molecule has 2 aromatic rings. The van der Waals surface area contributed by atoms with Crippen LogP contribution in [0.3, 0.4) is 0 Å². The van der Waals surface area contributed by atoms with Crippen LogP contribution in [0.4, 0.5) is 5.69 Å². The van der Waals surface area contributed by atoms with Crippen LogP contribution >= 0.6 is 0 Å². The summed E-state index contributed by atoms with van der Waals surface area (Å²) in [5.41, 5.74) is 0.877. The fourth-order valence-electron chi connectivity index (χ4n) is 3.27. The van der Waals surface area contributed by atoms with Gasteiger partial charge in [-0.3, -0.25) is 18.7 Å². The number of likely N-dealkylation sites (tertiary alicyclic amines) is 1. The molecule has 0 bridgehead atoms. The summed E-state index contributed by atoms with van der Waals surface area (Å²) in [6, 6.07) is 8.52. The number of aromatic nitrogens is 2. The Balaban J connectivity index is 1.82. The number of hydrogen-bond donors (Lipinski definition) is 2. The predicted molar refractivity (Wildman–Crippen MR) is 102 cm³/mol. The molecule has 3 rings (SSSR count). The van der Waals surface area contributed by atoms with E-state index < -0.39 is 11.8 Å². The maximum absolute atomic E-state index is 12.9. The van der Waals surface area contributed by atoms with Gasteiger partial charge in [-0.15, -0.1) is 0 Å². The number of piperidine rings is 1. The van der Waals surface area contributed by atoms with Gasteiger partial charge >= 0.3 is 5.69 Å². The van der Waals surface area contributed by atoms with Crippen LogP contribution in [-0.2, 0) is 20.6 Å². The molecule has 0 radical (unpaired) electrons. The summed E-state index contributed by atoms with van der Waals surface area (Å²) in [4.78, 5) is 38.4. The number of rotatable bonds is 4. The lowest BCUT2D eigenvalue weighted by Gasteiger charge is -2.30. The van der Waals surface area contributed by atoms with Gasteiger partial charge in [-0.05, 0) is 25.0 Å². The summed E-state index contributed by atoms with van der Waals surface area (Å²) in [6.45, 7) is 1.18. The van der Waals surface area contributed by atoms with Gasteiger partial charge in [0, 0.05) is 44.6 Å². The number of hydrogen-bond acceptors (Lipinski definition) is 5. The largest absolute Gasteiger partial charge is 0.391 e. The molecular formula is C19H24N4O4. The first-order chi connectivity index (χ1) is 12.9. The van der Waals surface area contributed by atoms with E-state index in [2.05, 4.69) is 5.32 Å². The highest BCUT2D eigenvalue weighted by atomic mass is 16.3. The first kappa shape index (κ1) is 18.9. The molecule has 1 unspecified atom stereocenters. The van der Waals surface area contributed by atoms with Crippen LogP contribution in [0.25, 0.3) is 0 Å². The van der Waals surface area contributed by atoms with Crippen LogP contribution in [0.1, 0.15) is 28.9 Å². The molecule has 1 aromatic carbocycles. The Labute approximate surface area is 156 Å². The predicted octanol–water partition coefficient (Wildman–Crippen LogP) is 0.293. The SMILES string of the molecule is Cn1c(CNc2ccccc2C(=O)N2CCCC(O)C2)cc(=O)n(C)c1=O. The molecule has 1 saturated heterocycles. The van der Waals surface area contributed by atoms with Crippen molar-refractivity contribution in [2.24, 2.45) is 14.1 Å². The summed E-state index contributed by atoms with van der Waals surface area (Å²) in [7, 11) is 3.04. The number of nitrogens with one attached hydrogen (secondary N) is 1. The number of carbonyl (C=O) groups excluding carboxylic acids is 1. The van der Waals surface area contributed by atoms with E-state index in [-0.39, 0.29) is 18.0 Å². The maximum atomic E-state index is 12.9. The zero-order valence-electron chi connectivity index (χ0n) is 15.5. The van der Waals surface area contributed by atoms with Crippen molar-refractivity contribution in [3.63, 3.8) is 0 Å². The van der Waals surface area contributed by atoms with Crippen molar-refractivity contribution in [3.8, 4) is 0 Å². The van der Waals surface area contributed by atoms with Crippen molar-refractivity contribution in [3.05, 3.63) is 62.4 Å². The lowest BCUT2D eigenvalue weighted by Crippen LogP contribution is -2.42. The Morgan fingerprint density at radius 2 is 1.96 bits per heavy atom. The average molecular weight is 372 g/mol. The smallest absolute Gasteiger partial charge is 0.330 e. The average Bonchev–Trinajstić information content (AvgIpc) is 2.68. The number of benzene rings is 1. The minimum Gasteiger partial charge on any atom is -0.391 e. The number of aliphatic hydroxyl groups is 1. The summed E-state index contributed by atoms with van der Waals surface area (Å²) in [5, 5.41) is 13.0. The Bertz CT molecular complexity index is 963. The molecule has 8 nitrogen and oxygen atoms in total. The second-order valence-electron chi connectivity index (χ2n) is 6.82. The molecule has 1 aliphatic heterocycles. The van der Waals surface area contributed by atoms with Crippen molar-refractivity contribution in [2.75, 3.05) is 18.4 Å². The van der Waals surface area contributed by atoms with Crippen LogP contribution < -0.4 is 16.6 Å². The molecule has 144 valence electrons. The Kier molecular flexibility index (Phi) is 5.46. The van der Waals surface area contributed by atoms with Crippen molar-refractivity contribution < 1.29 is 9.90 Å². The first-order valence-electron chi connectivity index (χ1n) is 8.94. The summed E-state index contributed by atoms with van der Waals surface area (Å²) < 4.78 is 2.45. The van der Waals surface area contributed by atoms with Gasteiger partial charge in [0.25, 0.3) is 11.5 Å². The second kappa shape index (κ2) is 7.79. The van der Waals surface area contributed by atoms with Gasteiger partial charge in [-0.2, -0.15) is 0 Å². The Morgan fingerprint density at radius 3 is 2.70 bits per heavy atom. The van der Waals surface area contributed by atoms with Crippen LogP contribution in [0.5, 0.6) is 0 Å². The van der Waals surface area contributed by atoms with E-state index in [0.717, 1.165) is 11.0 Å². The van der Waals surface area contributed by atoms with Gasteiger partial charge in [-0.1, -0.05) is 12.1 Å². The van der Waals surface area contributed by atoms with Crippen molar-refractivity contribution >= 4 is 11.6 Å². The van der Waals surface area contributed by atoms with Crippen LogP contribution in [-0.4, -0.2) is 44.2 Å². The van der Waals surface area contributed by atoms with E-state index in [1.54, 1.807) is 30.1 Å². The first-order valence-corrected chi connectivity index (χ1v) is 8.94. The van der Waals surface area contributed by atoms with Crippen molar-refractivity contribution in [2.45, 2.75) is 25.5 Å².